The highest BCUT2D eigenvalue weighted by atomic mass is 31.1. The summed E-state index contributed by atoms with van der Waals surface area (Å²) in [4.78, 5) is 34.8. The average Bonchev–Trinajstić information content (AvgIpc) is 2.64. The van der Waals surface area contributed by atoms with Crippen molar-refractivity contribution < 1.29 is 9.59 Å². The maximum Gasteiger partial charge on any atom is 0.151 e. The molecule has 0 radical (unpaired) electrons. The molecule has 0 unspecified atom stereocenters. The second kappa shape index (κ2) is 6.99. The summed E-state index contributed by atoms with van der Waals surface area (Å²) in [5.74, 6) is 0. The van der Waals surface area contributed by atoms with Crippen molar-refractivity contribution in [2.24, 2.45) is 0 Å². The smallest absolute Gasteiger partial charge is 0.151 e. The van der Waals surface area contributed by atoms with Gasteiger partial charge in [-0.1, -0.05) is 6.07 Å². The summed E-state index contributed by atoms with van der Waals surface area (Å²) in [7, 11) is -1.05. The number of nitrogens with zero attached hydrogens (tertiary/aromatic N) is 3. The minimum atomic E-state index is -1.05. The van der Waals surface area contributed by atoms with Crippen LogP contribution in [0.15, 0.2) is 61.1 Å². The predicted molar refractivity (Wildman–Crippen MR) is 89.3 cm³/mol. The summed E-state index contributed by atoms with van der Waals surface area (Å²) in [6.45, 7) is 0. The third kappa shape index (κ3) is 3.35. The zero-order valence-electron chi connectivity index (χ0n) is 12.0. The molecule has 0 aliphatic rings. The first kappa shape index (κ1) is 15.1. The molecule has 6 heteroatoms. The zero-order chi connectivity index (χ0) is 16.1. The van der Waals surface area contributed by atoms with E-state index >= 15 is 0 Å². The molecule has 0 aliphatic carbocycles. The van der Waals surface area contributed by atoms with Gasteiger partial charge in [-0.3, -0.25) is 24.5 Å². The van der Waals surface area contributed by atoms with Crippen LogP contribution >= 0.6 is 7.92 Å². The van der Waals surface area contributed by atoms with Gasteiger partial charge in [0.25, 0.3) is 0 Å². The quantitative estimate of drug-likeness (QED) is 0.522. The molecule has 3 heterocycles. The van der Waals surface area contributed by atoms with Crippen molar-refractivity contribution in [1.82, 2.24) is 15.0 Å². The molecule has 0 amide bonds. The van der Waals surface area contributed by atoms with Gasteiger partial charge in [-0.15, -0.1) is 0 Å². The maximum absolute atomic E-state index is 10.8. The van der Waals surface area contributed by atoms with Gasteiger partial charge in [0.2, 0.25) is 0 Å². The van der Waals surface area contributed by atoms with Crippen LogP contribution < -0.4 is 16.3 Å². The zero-order valence-corrected chi connectivity index (χ0v) is 12.9. The largest absolute Gasteiger partial charge is 0.298 e. The summed E-state index contributed by atoms with van der Waals surface area (Å²) >= 11 is 0. The molecular formula is C17H12N3O2P. The monoisotopic (exact) mass is 321 g/mol. The van der Waals surface area contributed by atoms with Crippen LogP contribution in [-0.4, -0.2) is 27.5 Å². The molecule has 0 fully saturated rings. The normalized spacial score (nSPS) is 10.5. The maximum atomic E-state index is 10.8. The van der Waals surface area contributed by atoms with Crippen molar-refractivity contribution in [3.05, 3.63) is 72.2 Å². The van der Waals surface area contributed by atoms with Crippen molar-refractivity contribution in [3.63, 3.8) is 0 Å². The van der Waals surface area contributed by atoms with Crippen molar-refractivity contribution in [3.8, 4) is 0 Å². The fraction of sp³-hybridized carbons (Fsp3) is 0. The number of rotatable bonds is 5. The molecular weight excluding hydrogens is 309 g/mol. The van der Waals surface area contributed by atoms with E-state index in [2.05, 4.69) is 15.0 Å². The average molecular weight is 321 g/mol. The number of hydrogen-bond acceptors (Lipinski definition) is 5. The molecule has 0 bridgehead atoms. The molecule has 3 aromatic rings. The van der Waals surface area contributed by atoms with Crippen molar-refractivity contribution in [2.45, 2.75) is 0 Å². The van der Waals surface area contributed by atoms with E-state index in [4.69, 9.17) is 0 Å². The number of aldehydes is 2. The summed E-state index contributed by atoms with van der Waals surface area (Å²) in [6, 6.07) is 12.8. The molecule has 0 spiro atoms. The summed E-state index contributed by atoms with van der Waals surface area (Å²) in [6.07, 6.45) is 6.33. The van der Waals surface area contributed by atoms with Crippen LogP contribution in [0.2, 0.25) is 0 Å². The Kier molecular flexibility index (Phi) is 4.60. The van der Waals surface area contributed by atoms with Crippen LogP contribution in [0, 0.1) is 0 Å². The third-order valence-electron chi connectivity index (χ3n) is 3.15. The Bertz CT molecular complexity index is 754. The topological polar surface area (TPSA) is 72.8 Å². The van der Waals surface area contributed by atoms with Gasteiger partial charge in [0.05, 0.1) is 16.3 Å². The molecule has 3 rings (SSSR count). The minimum absolute atomic E-state index is 0.522. The highest BCUT2D eigenvalue weighted by molar-refractivity contribution is 7.79. The van der Waals surface area contributed by atoms with Crippen LogP contribution in [-0.2, 0) is 0 Å². The number of carbonyl (C=O) groups is 2. The van der Waals surface area contributed by atoms with Crippen LogP contribution in [0.5, 0.6) is 0 Å². The van der Waals surface area contributed by atoms with Gasteiger partial charge in [0, 0.05) is 37.6 Å². The SMILES string of the molecule is O=Cc1ccc(P(c2ccccn2)c2ccc(C=O)cn2)nc1. The highest BCUT2D eigenvalue weighted by Crippen LogP contribution is 2.29. The van der Waals surface area contributed by atoms with Crippen molar-refractivity contribution in [2.75, 3.05) is 0 Å². The van der Waals surface area contributed by atoms with Gasteiger partial charge in [-0.05, 0) is 36.4 Å². The molecule has 0 aromatic carbocycles. The van der Waals surface area contributed by atoms with E-state index in [0.717, 1.165) is 28.9 Å². The second-order valence-electron chi connectivity index (χ2n) is 4.66. The molecule has 0 saturated heterocycles. The molecule has 5 nitrogen and oxygen atoms in total. The van der Waals surface area contributed by atoms with Gasteiger partial charge < -0.3 is 0 Å². The molecule has 0 atom stereocenters. The lowest BCUT2D eigenvalue weighted by atomic mass is 10.3. The Morgan fingerprint density at radius 1 is 0.696 bits per heavy atom. The number of pyridine rings is 3. The van der Waals surface area contributed by atoms with Gasteiger partial charge in [-0.2, -0.15) is 0 Å². The second-order valence-corrected chi connectivity index (χ2v) is 6.70. The van der Waals surface area contributed by atoms with Gasteiger partial charge >= 0.3 is 0 Å². The van der Waals surface area contributed by atoms with Crippen LogP contribution in [0.25, 0.3) is 0 Å². The van der Waals surface area contributed by atoms with Gasteiger partial charge in [-0.25, -0.2) is 0 Å². The van der Waals surface area contributed by atoms with E-state index in [-0.39, 0.29) is 0 Å². The van der Waals surface area contributed by atoms with E-state index in [9.17, 15) is 9.59 Å². The highest BCUT2D eigenvalue weighted by Gasteiger charge is 2.20. The summed E-state index contributed by atoms with van der Waals surface area (Å²) < 4.78 is 0. The first-order valence-corrected chi connectivity index (χ1v) is 8.19. The summed E-state index contributed by atoms with van der Waals surface area (Å²) in [5, 5.41) is 0. The lowest BCUT2D eigenvalue weighted by molar-refractivity contribution is 0.111. The molecule has 0 aliphatic heterocycles. The first-order valence-electron chi connectivity index (χ1n) is 6.85. The van der Waals surface area contributed by atoms with E-state index < -0.39 is 7.92 Å². The van der Waals surface area contributed by atoms with E-state index in [0.29, 0.717) is 11.1 Å². The Hall–Kier alpha value is -2.78. The molecule has 0 saturated carbocycles. The molecule has 3 aromatic heterocycles. The van der Waals surface area contributed by atoms with Gasteiger partial charge in [0.1, 0.15) is 0 Å². The van der Waals surface area contributed by atoms with Crippen molar-refractivity contribution >= 4 is 36.8 Å². The van der Waals surface area contributed by atoms with Crippen molar-refractivity contribution in [1.29, 1.82) is 0 Å². The summed E-state index contributed by atoms with van der Waals surface area (Å²) in [5.41, 5.74) is 3.51. The Morgan fingerprint density at radius 2 is 1.26 bits per heavy atom. The van der Waals surface area contributed by atoms with Crippen LogP contribution in [0.3, 0.4) is 0 Å². The standard InChI is InChI=1S/C17H12N3O2P/c21-11-13-4-6-16(19-9-13)23(15-3-1-2-8-18-15)17-7-5-14(12-22)10-20-17/h1-12H. The fourth-order valence-electron chi connectivity index (χ4n) is 2.04. The first-order chi connectivity index (χ1) is 11.3. The number of aromatic nitrogens is 3. The third-order valence-corrected chi connectivity index (χ3v) is 5.32. The Morgan fingerprint density at radius 3 is 1.65 bits per heavy atom. The number of hydrogen-bond donors (Lipinski definition) is 0. The lowest BCUT2D eigenvalue weighted by Crippen LogP contribution is -2.26. The predicted octanol–water partition coefficient (Wildman–Crippen LogP) is 1.25. The Labute approximate surface area is 134 Å². The van der Waals surface area contributed by atoms with Crippen LogP contribution in [0.1, 0.15) is 20.7 Å². The van der Waals surface area contributed by atoms with Crippen LogP contribution in [0.4, 0.5) is 0 Å². The Balaban J connectivity index is 2.08. The fourth-order valence-corrected chi connectivity index (χ4v) is 3.95. The molecule has 112 valence electrons. The van der Waals surface area contributed by atoms with E-state index in [1.165, 1.54) is 0 Å². The van der Waals surface area contributed by atoms with Gasteiger partial charge in [0.15, 0.2) is 12.6 Å². The number of carbonyl (C=O) groups excluding carboxylic acids is 2. The molecule has 0 N–H and O–H groups in total. The minimum Gasteiger partial charge on any atom is -0.298 e. The lowest BCUT2D eigenvalue weighted by Gasteiger charge is -2.16. The van der Waals surface area contributed by atoms with E-state index in [1.54, 1.807) is 30.7 Å². The van der Waals surface area contributed by atoms with E-state index in [1.807, 2.05) is 30.3 Å². The molecule has 23 heavy (non-hydrogen) atoms.